The Morgan fingerprint density at radius 3 is 2.27 bits per heavy atom. The quantitative estimate of drug-likeness (QED) is 0.615. The molecule has 1 amide bonds. The van der Waals surface area contributed by atoms with Crippen LogP contribution in [0.25, 0.3) is 0 Å². The average Bonchev–Trinajstić information content (AvgIpc) is 2.62. The van der Waals surface area contributed by atoms with Gasteiger partial charge < -0.3 is 10.6 Å². The topological polar surface area (TPSA) is 75.3 Å². The van der Waals surface area contributed by atoms with E-state index in [1.807, 2.05) is 19.1 Å². The fourth-order valence-corrected chi connectivity index (χ4v) is 3.87. The molecule has 0 aliphatic rings. The molecule has 2 N–H and O–H groups in total. The van der Waals surface area contributed by atoms with Crippen molar-refractivity contribution in [1.29, 1.82) is 0 Å². The summed E-state index contributed by atoms with van der Waals surface area (Å²) in [4.78, 5) is 12.9. The Bertz CT molecular complexity index is 1010. The van der Waals surface area contributed by atoms with Gasteiger partial charge in [-0.2, -0.15) is 0 Å². The molecule has 2 aromatic carbocycles. The molecule has 0 saturated carbocycles. The van der Waals surface area contributed by atoms with Crippen LogP contribution in [0.15, 0.2) is 42.5 Å². The molecule has 0 heterocycles. The molecule has 0 aromatic heterocycles. The van der Waals surface area contributed by atoms with E-state index in [0.717, 1.165) is 11.3 Å². The Balaban J connectivity index is 2.21. The highest BCUT2D eigenvalue weighted by Gasteiger charge is 2.29. The van der Waals surface area contributed by atoms with Crippen molar-refractivity contribution >= 4 is 27.1 Å². The minimum absolute atomic E-state index is 0.0638. The Kier molecular flexibility index (Phi) is 7.35. The van der Waals surface area contributed by atoms with Crippen LogP contribution in [0.5, 0.6) is 0 Å². The van der Waals surface area contributed by atoms with Gasteiger partial charge in [0, 0.05) is 23.0 Å². The maximum absolute atomic E-state index is 12.9. The van der Waals surface area contributed by atoms with Crippen LogP contribution in [0.3, 0.4) is 0 Å². The monoisotopic (exact) mass is 430 g/mol. The van der Waals surface area contributed by atoms with E-state index in [9.17, 15) is 13.2 Å². The van der Waals surface area contributed by atoms with Gasteiger partial charge in [0.1, 0.15) is 0 Å². The summed E-state index contributed by atoms with van der Waals surface area (Å²) in [7, 11) is -3.30. The zero-order valence-corrected chi connectivity index (χ0v) is 19.9. The molecular formula is C24H34N2O3S. The highest BCUT2D eigenvalue weighted by molar-refractivity contribution is 7.91. The third-order valence-corrected chi connectivity index (χ3v) is 8.02. The Hall–Kier alpha value is -2.34. The van der Waals surface area contributed by atoms with Crippen LogP contribution in [0.2, 0.25) is 0 Å². The van der Waals surface area contributed by atoms with E-state index < -0.39 is 14.6 Å². The molecule has 6 heteroatoms. The lowest BCUT2D eigenvalue weighted by atomic mass is 10.0. The molecule has 0 aliphatic carbocycles. The van der Waals surface area contributed by atoms with Crippen molar-refractivity contribution in [3.63, 3.8) is 0 Å². The maximum Gasteiger partial charge on any atom is 0.256 e. The molecular weight excluding hydrogens is 396 g/mol. The van der Waals surface area contributed by atoms with Gasteiger partial charge in [-0.05, 0) is 75.9 Å². The van der Waals surface area contributed by atoms with Gasteiger partial charge in [0.25, 0.3) is 5.91 Å². The molecule has 2 aromatic rings. The highest BCUT2D eigenvalue weighted by Crippen LogP contribution is 2.24. The van der Waals surface area contributed by atoms with Crippen molar-refractivity contribution in [3.8, 4) is 0 Å². The SMILES string of the molecule is Cc1c(N[C@@H](C)C(C)C)cccc1C(=O)Nc1cccc(CS(=O)(=O)C(C)(C)C)c1. The number of hydrogen-bond donors (Lipinski definition) is 2. The summed E-state index contributed by atoms with van der Waals surface area (Å²) in [5.74, 6) is 0.185. The van der Waals surface area contributed by atoms with E-state index in [1.165, 1.54) is 0 Å². The molecule has 5 nitrogen and oxygen atoms in total. The van der Waals surface area contributed by atoms with Crippen molar-refractivity contribution in [2.75, 3.05) is 10.6 Å². The van der Waals surface area contributed by atoms with E-state index in [2.05, 4.69) is 31.4 Å². The van der Waals surface area contributed by atoms with E-state index in [-0.39, 0.29) is 17.7 Å². The molecule has 0 unspecified atom stereocenters. The molecule has 0 spiro atoms. The Labute approximate surface area is 181 Å². The van der Waals surface area contributed by atoms with Crippen molar-refractivity contribution in [3.05, 3.63) is 59.2 Å². The summed E-state index contributed by atoms with van der Waals surface area (Å²) in [6, 6.07) is 12.9. The predicted octanol–water partition coefficient (Wildman–Crippen LogP) is 5.42. The molecule has 0 radical (unpaired) electrons. The predicted molar refractivity (Wildman–Crippen MR) is 126 cm³/mol. The van der Waals surface area contributed by atoms with Gasteiger partial charge in [-0.1, -0.05) is 32.0 Å². The second-order valence-corrected chi connectivity index (χ2v) is 11.9. The third-order valence-electron chi connectivity index (χ3n) is 5.44. The van der Waals surface area contributed by atoms with Gasteiger partial charge in [0.15, 0.2) is 9.84 Å². The van der Waals surface area contributed by atoms with Crippen molar-refractivity contribution in [2.24, 2.45) is 5.92 Å². The van der Waals surface area contributed by atoms with Gasteiger partial charge in [-0.3, -0.25) is 4.79 Å². The van der Waals surface area contributed by atoms with Gasteiger partial charge in [-0.15, -0.1) is 0 Å². The first-order valence-electron chi connectivity index (χ1n) is 10.3. The lowest BCUT2D eigenvalue weighted by Crippen LogP contribution is -2.29. The fraction of sp³-hybridized carbons (Fsp3) is 0.458. The first-order valence-corrected chi connectivity index (χ1v) is 12.0. The van der Waals surface area contributed by atoms with Gasteiger partial charge in [-0.25, -0.2) is 8.42 Å². The lowest BCUT2D eigenvalue weighted by Gasteiger charge is -2.21. The second kappa shape index (κ2) is 9.21. The van der Waals surface area contributed by atoms with Gasteiger partial charge in [0.2, 0.25) is 0 Å². The van der Waals surface area contributed by atoms with Crippen molar-refractivity contribution in [1.82, 2.24) is 0 Å². The Morgan fingerprint density at radius 2 is 1.67 bits per heavy atom. The van der Waals surface area contributed by atoms with Crippen LogP contribution in [0, 0.1) is 12.8 Å². The zero-order valence-electron chi connectivity index (χ0n) is 19.0. The number of amides is 1. The van der Waals surface area contributed by atoms with E-state index >= 15 is 0 Å². The molecule has 0 aliphatic heterocycles. The molecule has 0 saturated heterocycles. The van der Waals surface area contributed by atoms with Crippen LogP contribution in [0.1, 0.15) is 63.0 Å². The fourth-order valence-electron chi connectivity index (χ4n) is 2.82. The number of carbonyl (C=O) groups excluding carboxylic acids is 1. The van der Waals surface area contributed by atoms with E-state index in [1.54, 1.807) is 51.1 Å². The van der Waals surface area contributed by atoms with Gasteiger partial charge >= 0.3 is 0 Å². The van der Waals surface area contributed by atoms with Crippen molar-refractivity contribution < 1.29 is 13.2 Å². The van der Waals surface area contributed by atoms with Crippen LogP contribution < -0.4 is 10.6 Å². The smallest absolute Gasteiger partial charge is 0.256 e. The number of rotatable bonds is 7. The zero-order chi connectivity index (χ0) is 22.7. The molecule has 1 atom stereocenters. The summed E-state index contributed by atoms with van der Waals surface area (Å²) < 4.78 is 24.2. The number of hydrogen-bond acceptors (Lipinski definition) is 4. The second-order valence-electron chi connectivity index (χ2n) is 9.18. The Morgan fingerprint density at radius 1 is 1.03 bits per heavy atom. The number of sulfone groups is 1. The molecule has 30 heavy (non-hydrogen) atoms. The molecule has 0 bridgehead atoms. The molecule has 0 fully saturated rings. The summed E-state index contributed by atoms with van der Waals surface area (Å²) in [5.41, 5.74) is 3.64. The maximum atomic E-state index is 12.9. The van der Waals surface area contributed by atoms with Crippen molar-refractivity contribution in [2.45, 2.75) is 65.0 Å². The van der Waals surface area contributed by atoms with Crippen LogP contribution in [-0.4, -0.2) is 25.1 Å². The highest BCUT2D eigenvalue weighted by atomic mass is 32.2. The molecule has 164 valence electrons. The van der Waals surface area contributed by atoms with Crippen LogP contribution in [0.4, 0.5) is 11.4 Å². The van der Waals surface area contributed by atoms with E-state index in [4.69, 9.17) is 0 Å². The standard InChI is InChI=1S/C24H34N2O3S/c1-16(2)18(4)25-22-13-9-12-21(17(22)3)23(27)26-20-11-8-10-19(14-20)15-30(28,29)24(5,6)7/h8-14,16,18,25H,15H2,1-7H3,(H,26,27)/t18-/m0/s1. The normalized spacial score (nSPS) is 13.2. The largest absolute Gasteiger partial charge is 0.382 e. The minimum Gasteiger partial charge on any atom is -0.382 e. The lowest BCUT2D eigenvalue weighted by molar-refractivity contribution is 0.102. The van der Waals surface area contributed by atoms with Crippen LogP contribution >= 0.6 is 0 Å². The molecule has 2 rings (SSSR count). The number of benzene rings is 2. The summed E-state index contributed by atoms with van der Waals surface area (Å²) in [6.07, 6.45) is 0. The summed E-state index contributed by atoms with van der Waals surface area (Å²) in [6.45, 7) is 13.4. The average molecular weight is 431 g/mol. The number of nitrogens with one attached hydrogen (secondary N) is 2. The van der Waals surface area contributed by atoms with E-state index in [0.29, 0.717) is 22.7 Å². The van der Waals surface area contributed by atoms with Gasteiger partial charge in [0.05, 0.1) is 10.5 Å². The summed E-state index contributed by atoms with van der Waals surface area (Å²) in [5, 5.41) is 6.38. The third kappa shape index (κ3) is 5.85. The number of anilines is 2. The first kappa shape index (κ1) is 23.9. The summed E-state index contributed by atoms with van der Waals surface area (Å²) >= 11 is 0. The number of carbonyl (C=O) groups is 1. The van der Waals surface area contributed by atoms with Crippen LogP contribution in [-0.2, 0) is 15.6 Å². The first-order chi connectivity index (χ1) is 13.8. The minimum atomic E-state index is -3.30.